The third kappa shape index (κ3) is 9.56. The molecule has 4 aromatic carbocycles. The number of nitrogens with two attached hydrogens (primary N) is 1. The van der Waals surface area contributed by atoms with Crippen molar-refractivity contribution in [2.24, 2.45) is 23.5 Å². The van der Waals surface area contributed by atoms with Gasteiger partial charge >= 0.3 is 6.03 Å². The van der Waals surface area contributed by atoms with Gasteiger partial charge in [-0.2, -0.15) is 0 Å². The average Bonchev–Trinajstić information content (AvgIpc) is 3.65. The Kier molecular flexibility index (Phi) is 14.4. The number of amides is 6. The Morgan fingerprint density at radius 2 is 1.53 bits per heavy atom. The fourth-order valence-electron chi connectivity index (χ4n) is 11.5. The summed E-state index contributed by atoms with van der Waals surface area (Å²) in [5.74, 6) is -2.40. The van der Waals surface area contributed by atoms with Crippen molar-refractivity contribution in [1.29, 1.82) is 0 Å². The molecular weight excluding hydrogens is 942 g/mol. The number of primary amides is 1. The van der Waals surface area contributed by atoms with Crippen molar-refractivity contribution in [2.45, 2.75) is 88.7 Å². The molecule has 4 aliphatic heterocycles. The summed E-state index contributed by atoms with van der Waals surface area (Å²) in [6, 6.07) is 17.9. The molecule has 17 heteroatoms. The first-order valence-corrected chi connectivity index (χ1v) is 25.1. The number of fused-ring (bicyclic) bond motifs is 1. The molecule has 4 N–H and O–H groups in total. The number of ether oxygens (including phenoxy) is 2. The van der Waals surface area contributed by atoms with E-state index in [0.717, 1.165) is 76.4 Å². The summed E-state index contributed by atoms with van der Waals surface area (Å²) < 4.78 is 44.0. The first kappa shape index (κ1) is 49.2. The highest BCUT2D eigenvalue weighted by Crippen LogP contribution is 2.56. The normalized spacial score (nSPS) is 23.2. The summed E-state index contributed by atoms with van der Waals surface area (Å²) >= 11 is 13.1. The maximum Gasteiger partial charge on any atom is 0.328 e. The minimum Gasteiger partial charge on any atom is -0.494 e. The van der Waals surface area contributed by atoms with E-state index in [0.29, 0.717) is 53.3 Å². The molecule has 0 bridgehead atoms. The number of hydrogen-bond donors (Lipinski definition) is 3. The van der Waals surface area contributed by atoms with E-state index in [9.17, 15) is 24.0 Å². The lowest BCUT2D eigenvalue weighted by Crippen LogP contribution is -2.49. The zero-order chi connectivity index (χ0) is 49.4. The van der Waals surface area contributed by atoms with E-state index in [1.165, 1.54) is 30.2 Å². The minimum absolute atomic E-state index is 0.0102. The van der Waals surface area contributed by atoms with Crippen molar-refractivity contribution in [2.75, 3.05) is 51.3 Å². The maximum absolute atomic E-state index is 16.2. The lowest BCUT2D eigenvalue weighted by atomic mass is 9.77. The van der Waals surface area contributed by atoms with Gasteiger partial charge in [-0.3, -0.25) is 29.4 Å². The van der Waals surface area contributed by atoms with Crippen LogP contribution in [0.1, 0.15) is 109 Å². The van der Waals surface area contributed by atoms with Crippen LogP contribution < -0.4 is 30.7 Å². The van der Waals surface area contributed by atoms with Crippen LogP contribution >= 0.6 is 23.2 Å². The summed E-state index contributed by atoms with van der Waals surface area (Å²) in [4.78, 5) is 69.7. The van der Waals surface area contributed by atoms with Crippen LogP contribution in [-0.2, 0) is 15.2 Å². The number of halogens is 4. The van der Waals surface area contributed by atoms with Crippen molar-refractivity contribution >= 4 is 58.5 Å². The lowest BCUT2D eigenvalue weighted by Gasteiger charge is -2.39. The third-order valence-corrected chi connectivity index (χ3v) is 16.2. The molecule has 6 amide bonds. The zero-order valence-corrected chi connectivity index (χ0v) is 40.9. The smallest absolute Gasteiger partial charge is 0.328 e. The van der Waals surface area contributed by atoms with Gasteiger partial charge in [-0.15, -0.1) is 0 Å². The number of rotatable bonds is 12. The number of likely N-dealkylation sites (tertiary alicyclic amines) is 2. The Balaban J connectivity index is 0.777. The van der Waals surface area contributed by atoms with E-state index in [4.69, 9.17) is 38.4 Å². The fourth-order valence-corrected chi connectivity index (χ4v) is 12.0. The van der Waals surface area contributed by atoms with Crippen LogP contribution in [0.15, 0.2) is 66.7 Å². The molecule has 4 fully saturated rings. The van der Waals surface area contributed by atoms with Crippen LogP contribution in [0, 0.1) is 29.4 Å². The van der Waals surface area contributed by atoms with E-state index in [1.807, 2.05) is 47.1 Å². The summed E-state index contributed by atoms with van der Waals surface area (Å²) in [6.07, 6.45) is 7.98. The van der Waals surface area contributed by atoms with E-state index >= 15 is 8.78 Å². The van der Waals surface area contributed by atoms with Crippen molar-refractivity contribution < 1.29 is 42.2 Å². The quantitative estimate of drug-likeness (QED) is 0.127. The molecule has 13 nitrogen and oxygen atoms in total. The molecule has 4 heterocycles. The number of methoxy groups -OCH3 is 1. The van der Waals surface area contributed by atoms with Crippen LogP contribution in [0.25, 0.3) is 11.1 Å². The van der Waals surface area contributed by atoms with Gasteiger partial charge < -0.3 is 30.3 Å². The highest BCUT2D eigenvalue weighted by Gasteiger charge is 2.50. The summed E-state index contributed by atoms with van der Waals surface area (Å²) in [5.41, 5.74) is 6.35. The molecule has 0 unspecified atom stereocenters. The van der Waals surface area contributed by atoms with E-state index < -0.39 is 35.1 Å². The third-order valence-electron chi connectivity index (χ3n) is 15.5. The zero-order valence-electron chi connectivity index (χ0n) is 39.3. The van der Waals surface area contributed by atoms with Crippen LogP contribution in [0.4, 0.5) is 19.3 Å². The second kappa shape index (κ2) is 20.5. The standard InChI is InChI=1S/C53H58Cl2F2N6O7/c1-30-44-42(28-39(56)47(55)46(44)45-37(49(58)65)13-15-41(69-2)48(45)57)70-53(30,35-6-4-3-5-7-35)29-59-36-11-8-33(9-12-36)50(66)61-21-16-31(17-22-61)26-32-18-23-62(24-19-32)51(67)34-10-14-38(54)40(27-34)63-25-20-43(64)60-52(63)68/h3-7,10,13-15,27-28,30-33,36,59H,8-9,11-12,16-26,29H2,1-2H3,(H2,58,65)(H,60,64,68)/t30-,33?,36?,53-/m0/s1. The van der Waals surface area contributed by atoms with Crippen LogP contribution in [0.2, 0.25) is 10.0 Å². The molecule has 1 saturated carbocycles. The number of benzene rings is 4. The number of nitrogens with one attached hydrogen (secondary N) is 2. The van der Waals surface area contributed by atoms with Gasteiger partial charge in [-0.1, -0.05) is 60.5 Å². The van der Waals surface area contributed by atoms with Gasteiger partial charge in [-0.25, -0.2) is 13.6 Å². The highest BCUT2D eigenvalue weighted by molar-refractivity contribution is 6.34. The first-order valence-electron chi connectivity index (χ1n) is 24.3. The van der Waals surface area contributed by atoms with Crippen molar-refractivity contribution in [1.82, 2.24) is 20.4 Å². The Bertz CT molecular complexity index is 2690. The molecule has 70 heavy (non-hydrogen) atoms. The number of hydrogen-bond acceptors (Lipinski definition) is 8. The second-order valence-corrected chi connectivity index (χ2v) is 20.3. The maximum atomic E-state index is 16.2. The Hall–Kier alpha value is -5.77. The number of piperidine rings is 2. The van der Waals surface area contributed by atoms with Gasteiger partial charge in [0.05, 0.1) is 28.4 Å². The number of carbonyl (C=O) groups excluding carboxylic acids is 5. The van der Waals surface area contributed by atoms with Crippen molar-refractivity contribution in [3.8, 4) is 22.6 Å². The first-order chi connectivity index (χ1) is 33.7. The molecule has 4 aromatic rings. The Labute approximate surface area is 416 Å². The predicted molar refractivity (Wildman–Crippen MR) is 262 cm³/mol. The molecule has 0 radical (unpaired) electrons. The number of carbonyl (C=O) groups is 5. The Morgan fingerprint density at radius 1 is 0.857 bits per heavy atom. The molecule has 5 aliphatic rings. The topological polar surface area (TPSA) is 164 Å². The number of nitrogens with zero attached hydrogens (tertiary/aromatic N) is 3. The molecular formula is C53H58Cl2F2N6O7. The molecule has 370 valence electrons. The van der Waals surface area contributed by atoms with E-state index in [2.05, 4.69) is 10.6 Å². The fraction of sp³-hybridized carbons (Fsp3) is 0.453. The van der Waals surface area contributed by atoms with Crippen molar-refractivity contribution in [3.05, 3.63) is 111 Å². The molecule has 1 aliphatic carbocycles. The van der Waals surface area contributed by atoms with Gasteiger partial charge in [0.25, 0.3) is 5.91 Å². The van der Waals surface area contributed by atoms with Gasteiger partial charge in [0.1, 0.15) is 11.6 Å². The molecule has 0 aromatic heterocycles. The summed E-state index contributed by atoms with van der Waals surface area (Å²) in [7, 11) is 1.30. The molecule has 0 spiro atoms. The summed E-state index contributed by atoms with van der Waals surface area (Å²) in [5, 5.41) is 6.01. The van der Waals surface area contributed by atoms with Crippen LogP contribution in [0.5, 0.6) is 11.5 Å². The SMILES string of the molecule is COc1ccc(C(N)=O)c(-c2c(Cl)c(F)cc3c2[C@H](C)[C@@](CNC2CCC(C(=O)N4CCC(CC5CCN(C(=O)c6ccc(Cl)c(N7CCC(=O)NC7=O)c6)CC5)CC4)CC2)(c2ccccc2)O3)c1F. The molecule has 3 saturated heterocycles. The van der Waals surface area contributed by atoms with Gasteiger partial charge in [0.15, 0.2) is 17.2 Å². The molecule has 2 atom stereocenters. The average molecular weight is 1000 g/mol. The number of imide groups is 1. The lowest BCUT2D eigenvalue weighted by molar-refractivity contribution is -0.138. The molecule has 9 rings (SSSR count). The van der Waals surface area contributed by atoms with Gasteiger partial charge in [0.2, 0.25) is 17.7 Å². The largest absolute Gasteiger partial charge is 0.494 e. The number of anilines is 1. The highest BCUT2D eigenvalue weighted by atomic mass is 35.5. The van der Waals surface area contributed by atoms with Crippen molar-refractivity contribution in [3.63, 3.8) is 0 Å². The number of urea groups is 1. The Morgan fingerprint density at radius 3 is 2.17 bits per heavy atom. The minimum atomic E-state index is -1.08. The van der Waals surface area contributed by atoms with Crippen LogP contribution in [-0.4, -0.2) is 91.9 Å². The second-order valence-electron chi connectivity index (χ2n) is 19.5. The monoisotopic (exact) mass is 998 g/mol. The summed E-state index contributed by atoms with van der Waals surface area (Å²) in [6.45, 7) is 5.20. The van der Waals surface area contributed by atoms with Gasteiger partial charge in [0, 0.05) is 91.9 Å². The predicted octanol–water partition coefficient (Wildman–Crippen LogP) is 9.21. The van der Waals surface area contributed by atoms with Crippen LogP contribution in [0.3, 0.4) is 0 Å². The van der Waals surface area contributed by atoms with Gasteiger partial charge in [-0.05, 0) is 106 Å². The van der Waals surface area contributed by atoms with E-state index in [1.54, 1.807) is 18.2 Å². The van der Waals surface area contributed by atoms with E-state index in [-0.39, 0.29) is 75.9 Å².